The summed E-state index contributed by atoms with van der Waals surface area (Å²) in [6.45, 7) is 3.57. The maximum Gasteiger partial charge on any atom is 0.213 e. The van der Waals surface area contributed by atoms with Crippen LogP contribution < -0.4 is 15.4 Å². The van der Waals surface area contributed by atoms with Crippen LogP contribution >= 0.6 is 0 Å². The van der Waals surface area contributed by atoms with E-state index in [4.69, 9.17) is 9.73 Å². The van der Waals surface area contributed by atoms with Gasteiger partial charge in [0.15, 0.2) is 5.96 Å². The van der Waals surface area contributed by atoms with Crippen LogP contribution in [0.1, 0.15) is 51.0 Å². The molecule has 3 rings (SSSR count). The van der Waals surface area contributed by atoms with E-state index in [0.717, 1.165) is 49.6 Å². The minimum Gasteiger partial charge on any atom is -0.474 e. The molecule has 2 aliphatic rings. The van der Waals surface area contributed by atoms with Gasteiger partial charge in [0.05, 0.1) is 6.54 Å². The largest absolute Gasteiger partial charge is 0.474 e. The summed E-state index contributed by atoms with van der Waals surface area (Å²) >= 11 is 0. The third kappa shape index (κ3) is 4.98. The van der Waals surface area contributed by atoms with Gasteiger partial charge >= 0.3 is 0 Å². The van der Waals surface area contributed by atoms with Gasteiger partial charge in [0.25, 0.3) is 0 Å². The van der Waals surface area contributed by atoms with E-state index >= 15 is 0 Å². The molecule has 0 radical (unpaired) electrons. The van der Waals surface area contributed by atoms with Gasteiger partial charge in [0.2, 0.25) is 5.88 Å². The van der Waals surface area contributed by atoms with Crippen LogP contribution in [-0.2, 0) is 6.54 Å². The molecule has 0 spiro atoms. The van der Waals surface area contributed by atoms with E-state index in [2.05, 4.69) is 34.7 Å². The van der Waals surface area contributed by atoms with Gasteiger partial charge in [-0.25, -0.2) is 9.98 Å². The number of aromatic nitrogens is 1. The lowest BCUT2D eigenvalue weighted by Gasteiger charge is -2.17. The maximum atomic E-state index is 5.98. The van der Waals surface area contributed by atoms with E-state index in [9.17, 15) is 0 Å². The predicted octanol–water partition coefficient (Wildman–Crippen LogP) is 3.18. The van der Waals surface area contributed by atoms with E-state index in [1.54, 1.807) is 0 Å². The number of hydrogen-bond acceptors (Lipinski definition) is 3. The van der Waals surface area contributed by atoms with E-state index in [-0.39, 0.29) is 0 Å². The van der Waals surface area contributed by atoms with Crippen molar-refractivity contribution >= 4 is 5.96 Å². The summed E-state index contributed by atoms with van der Waals surface area (Å²) in [4.78, 5) is 9.04. The van der Waals surface area contributed by atoms with Gasteiger partial charge in [-0.1, -0.05) is 12.2 Å². The molecule has 0 bridgehead atoms. The smallest absolute Gasteiger partial charge is 0.213 e. The molecule has 5 heteroatoms. The summed E-state index contributed by atoms with van der Waals surface area (Å²) in [5.74, 6) is 1.61. The first-order valence-corrected chi connectivity index (χ1v) is 9.15. The van der Waals surface area contributed by atoms with Crippen molar-refractivity contribution in [2.24, 2.45) is 4.99 Å². The summed E-state index contributed by atoms with van der Waals surface area (Å²) in [6.07, 6.45) is 13.6. The molecule has 1 heterocycles. The number of guanidine groups is 1. The second kappa shape index (κ2) is 8.71. The van der Waals surface area contributed by atoms with Crippen molar-refractivity contribution in [3.63, 3.8) is 0 Å². The molecule has 130 valence electrons. The zero-order valence-corrected chi connectivity index (χ0v) is 14.5. The molecule has 5 nitrogen and oxygen atoms in total. The topological polar surface area (TPSA) is 58.5 Å². The average molecular weight is 328 g/mol. The fourth-order valence-corrected chi connectivity index (χ4v) is 3.21. The molecule has 0 saturated heterocycles. The van der Waals surface area contributed by atoms with Crippen LogP contribution in [0.2, 0.25) is 0 Å². The number of ether oxygens (including phenoxy) is 1. The second-order valence-electron chi connectivity index (χ2n) is 6.51. The Kier molecular flexibility index (Phi) is 6.10. The van der Waals surface area contributed by atoms with Crippen molar-refractivity contribution in [1.82, 2.24) is 15.6 Å². The third-order valence-electron chi connectivity index (χ3n) is 4.50. The Labute approximate surface area is 144 Å². The molecule has 2 N–H and O–H groups in total. The molecule has 1 saturated carbocycles. The summed E-state index contributed by atoms with van der Waals surface area (Å²) in [5, 5.41) is 6.81. The van der Waals surface area contributed by atoms with Crippen LogP contribution in [0.25, 0.3) is 0 Å². The van der Waals surface area contributed by atoms with Crippen LogP contribution in [-0.4, -0.2) is 29.6 Å². The van der Waals surface area contributed by atoms with Crippen LogP contribution in [0, 0.1) is 0 Å². The lowest BCUT2D eigenvalue weighted by Crippen LogP contribution is -2.42. The number of pyridine rings is 1. The fraction of sp³-hybridized carbons (Fsp3) is 0.579. The van der Waals surface area contributed by atoms with Gasteiger partial charge in [-0.15, -0.1) is 0 Å². The molecule has 0 atom stereocenters. The first-order chi connectivity index (χ1) is 11.8. The molecule has 0 amide bonds. The normalized spacial score (nSPS) is 19.0. The molecular formula is C19H28N4O. The van der Waals surface area contributed by atoms with Gasteiger partial charge in [-0.2, -0.15) is 0 Å². The Bertz CT molecular complexity index is 570. The molecule has 1 aromatic rings. The van der Waals surface area contributed by atoms with Crippen molar-refractivity contribution in [2.45, 2.75) is 64.1 Å². The number of nitrogens with zero attached hydrogens (tertiary/aromatic N) is 2. The van der Waals surface area contributed by atoms with Gasteiger partial charge in [-0.3, -0.25) is 0 Å². The monoisotopic (exact) mass is 328 g/mol. The Morgan fingerprint density at radius 2 is 2.08 bits per heavy atom. The molecule has 1 aromatic heterocycles. The fourth-order valence-electron chi connectivity index (χ4n) is 3.21. The van der Waals surface area contributed by atoms with Crippen LogP contribution in [0.15, 0.2) is 35.5 Å². The second-order valence-corrected chi connectivity index (χ2v) is 6.51. The first-order valence-electron chi connectivity index (χ1n) is 9.15. The molecule has 2 aliphatic carbocycles. The molecule has 1 fully saturated rings. The van der Waals surface area contributed by atoms with Gasteiger partial charge in [0.1, 0.15) is 6.10 Å². The lowest BCUT2D eigenvalue weighted by atomic mass is 10.2. The Morgan fingerprint density at radius 1 is 1.29 bits per heavy atom. The summed E-state index contributed by atoms with van der Waals surface area (Å²) in [5.41, 5.74) is 1.12. The number of rotatable bonds is 6. The van der Waals surface area contributed by atoms with Crippen molar-refractivity contribution in [3.05, 3.63) is 36.0 Å². The number of hydrogen-bond donors (Lipinski definition) is 2. The Hall–Kier alpha value is -2.04. The Balaban J connectivity index is 1.58. The molecule has 0 unspecified atom stereocenters. The maximum absolute atomic E-state index is 5.98. The quantitative estimate of drug-likeness (QED) is 0.478. The lowest BCUT2D eigenvalue weighted by molar-refractivity contribution is 0.201. The minimum absolute atomic E-state index is 0.338. The zero-order chi connectivity index (χ0) is 16.6. The summed E-state index contributed by atoms with van der Waals surface area (Å²) in [7, 11) is 0. The van der Waals surface area contributed by atoms with E-state index in [0.29, 0.717) is 18.7 Å². The van der Waals surface area contributed by atoms with Crippen molar-refractivity contribution in [3.8, 4) is 5.88 Å². The van der Waals surface area contributed by atoms with Crippen molar-refractivity contribution in [2.75, 3.05) is 6.54 Å². The van der Waals surface area contributed by atoms with Crippen LogP contribution in [0.5, 0.6) is 5.88 Å². The highest BCUT2D eigenvalue weighted by Gasteiger charge is 2.17. The Morgan fingerprint density at radius 3 is 2.83 bits per heavy atom. The predicted molar refractivity (Wildman–Crippen MR) is 97.2 cm³/mol. The molecule has 24 heavy (non-hydrogen) atoms. The van der Waals surface area contributed by atoms with Gasteiger partial charge in [-0.05, 0) is 57.1 Å². The third-order valence-corrected chi connectivity index (χ3v) is 4.50. The van der Waals surface area contributed by atoms with E-state index in [1.165, 1.54) is 12.8 Å². The minimum atomic E-state index is 0.338. The summed E-state index contributed by atoms with van der Waals surface area (Å²) in [6, 6.07) is 4.48. The number of aliphatic imine (C=N–C) groups is 1. The summed E-state index contributed by atoms with van der Waals surface area (Å²) < 4.78 is 5.98. The highest BCUT2D eigenvalue weighted by atomic mass is 16.5. The average Bonchev–Trinajstić information content (AvgIpc) is 3.27. The van der Waals surface area contributed by atoms with Gasteiger partial charge < -0.3 is 15.4 Å². The highest BCUT2D eigenvalue weighted by molar-refractivity contribution is 5.80. The molecule has 0 aromatic carbocycles. The zero-order valence-electron chi connectivity index (χ0n) is 14.5. The standard InChI is InChI=1S/C19H28N4O/c1-2-20-19(23-16-7-3-4-8-16)22-14-15-11-12-21-18(13-15)24-17-9-5-6-10-17/h3-4,11-13,16-17H,2,5-10,14H2,1H3,(H2,20,22,23). The molecular weight excluding hydrogens is 300 g/mol. The van der Waals surface area contributed by atoms with Crippen LogP contribution in [0.3, 0.4) is 0 Å². The van der Waals surface area contributed by atoms with E-state index in [1.807, 2.05) is 18.3 Å². The first kappa shape index (κ1) is 16.8. The number of nitrogens with one attached hydrogen (secondary N) is 2. The van der Waals surface area contributed by atoms with Crippen LogP contribution in [0.4, 0.5) is 0 Å². The SMILES string of the molecule is CCNC(=NCc1ccnc(OC2CCCC2)c1)NC1CC=CC1. The van der Waals surface area contributed by atoms with Crippen molar-refractivity contribution < 1.29 is 4.74 Å². The van der Waals surface area contributed by atoms with Gasteiger partial charge in [0, 0.05) is 24.8 Å². The highest BCUT2D eigenvalue weighted by Crippen LogP contribution is 2.23. The molecule has 0 aliphatic heterocycles. The van der Waals surface area contributed by atoms with Crippen molar-refractivity contribution in [1.29, 1.82) is 0 Å². The van der Waals surface area contributed by atoms with E-state index < -0.39 is 0 Å².